The molecule has 0 aliphatic heterocycles. The van der Waals surface area contributed by atoms with Crippen LogP contribution in [0.25, 0.3) is 0 Å². The molecule has 0 atom stereocenters. The van der Waals surface area contributed by atoms with Crippen LogP contribution in [0.2, 0.25) is 0 Å². The number of rotatable bonds is 4. The highest BCUT2D eigenvalue weighted by Gasteiger charge is 1.79. The highest BCUT2D eigenvalue weighted by molar-refractivity contribution is 14.1. The van der Waals surface area contributed by atoms with Crippen LogP contribution in [-0.2, 0) is 0 Å². The van der Waals surface area contributed by atoms with E-state index in [1.54, 1.807) is 32.7 Å². The maximum atomic E-state index is 4.02. The molecule has 2 N–H and O–H groups in total. The van der Waals surface area contributed by atoms with Gasteiger partial charge in [0.15, 0.2) is 0 Å². The van der Waals surface area contributed by atoms with Crippen LogP contribution in [0.15, 0.2) is 22.4 Å². The Bertz CT molecular complexity index is 173. The first-order valence-corrected chi connectivity index (χ1v) is 4.12. The number of hydrogen-bond donors (Lipinski definition) is 2. The lowest BCUT2D eigenvalue weighted by Gasteiger charge is -1.90. The minimum absolute atomic E-state index is 0.847. The van der Waals surface area contributed by atoms with E-state index in [1.165, 1.54) is 0 Å². The summed E-state index contributed by atoms with van der Waals surface area (Å²) in [5.41, 5.74) is 5.49. The molecule has 4 nitrogen and oxygen atoms in total. The molecular formula is C6H11IN4. The van der Waals surface area contributed by atoms with Crippen LogP contribution in [0.5, 0.6) is 0 Å². The van der Waals surface area contributed by atoms with Crippen LogP contribution in [0, 0.1) is 0 Å². The van der Waals surface area contributed by atoms with Crippen molar-refractivity contribution in [2.75, 3.05) is 14.1 Å². The summed E-state index contributed by atoms with van der Waals surface area (Å²) in [5, 5.41) is 0. The largest absolute Gasteiger partial charge is 0.327 e. The second-order valence-electron chi connectivity index (χ2n) is 1.55. The second-order valence-corrected chi connectivity index (χ2v) is 2.65. The molecule has 0 aliphatic carbocycles. The molecule has 0 heterocycles. The van der Waals surface area contributed by atoms with Gasteiger partial charge in [0.2, 0.25) is 0 Å². The normalized spacial score (nSPS) is 13.2. The van der Waals surface area contributed by atoms with E-state index >= 15 is 0 Å². The van der Waals surface area contributed by atoms with Gasteiger partial charge in [0.25, 0.3) is 0 Å². The fraction of sp³-hybridized carbons (Fsp3) is 0.333. The van der Waals surface area contributed by atoms with Crippen LogP contribution >= 0.6 is 22.6 Å². The number of nitrogens with one attached hydrogen (secondary N) is 2. The van der Waals surface area contributed by atoms with E-state index in [2.05, 4.69) is 43.4 Å². The molecule has 0 radical (unpaired) electrons. The molecule has 0 aliphatic rings. The van der Waals surface area contributed by atoms with Gasteiger partial charge in [-0.3, -0.25) is 4.99 Å². The van der Waals surface area contributed by atoms with Crippen LogP contribution in [0.1, 0.15) is 0 Å². The minimum Gasteiger partial charge on any atom is -0.327 e. The standard InChI is InChI=1S/C6H11IN4/c1-8-5-6(7)10-3-4-11-9-2/h3-5,9,11H,1-2H3/b4-3-,8-5-,10-6-. The molecule has 0 rings (SSSR count). The Morgan fingerprint density at radius 1 is 1.55 bits per heavy atom. The van der Waals surface area contributed by atoms with Gasteiger partial charge in [-0.15, -0.1) is 0 Å². The Balaban J connectivity index is 3.71. The molecule has 0 fully saturated rings. The smallest absolute Gasteiger partial charge is 0.119 e. The lowest BCUT2D eigenvalue weighted by atomic mass is 10.8. The number of halogens is 1. The van der Waals surface area contributed by atoms with Crippen molar-refractivity contribution in [3.8, 4) is 0 Å². The zero-order valence-electron chi connectivity index (χ0n) is 6.50. The maximum absolute atomic E-state index is 4.02. The topological polar surface area (TPSA) is 48.8 Å². The van der Waals surface area contributed by atoms with E-state index in [4.69, 9.17) is 0 Å². The lowest BCUT2D eigenvalue weighted by Crippen LogP contribution is -2.20. The molecule has 0 bridgehead atoms. The summed E-state index contributed by atoms with van der Waals surface area (Å²) < 4.78 is 0.847. The molecule has 0 amide bonds. The predicted molar refractivity (Wildman–Crippen MR) is 57.2 cm³/mol. The molecule has 0 aromatic carbocycles. The molecule has 0 aromatic rings. The number of nitrogens with zero attached hydrogens (tertiary/aromatic N) is 2. The van der Waals surface area contributed by atoms with Gasteiger partial charge in [0.1, 0.15) is 3.72 Å². The van der Waals surface area contributed by atoms with Crippen molar-refractivity contribution in [3.63, 3.8) is 0 Å². The van der Waals surface area contributed by atoms with Crippen molar-refractivity contribution in [2.45, 2.75) is 0 Å². The van der Waals surface area contributed by atoms with Gasteiger partial charge >= 0.3 is 0 Å². The third-order valence-electron chi connectivity index (χ3n) is 0.736. The molecule has 0 unspecified atom stereocenters. The van der Waals surface area contributed by atoms with Crippen LogP contribution in [0.3, 0.4) is 0 Å². The third-order valence-corrected chi connectivity index (χ3v) is 1.29. The average molecular weight is 266 g/mol. The Labute approximate surface area is 80.0 Å². The van der Waals surface area contributed by atoms with Crippen LogP contribution in [-0.4, -0.2) is 24.0 Å². The summed E-state index contributed by atoms with van der Waals surface area (Å²) in [6.45, 7) is 0. The minimum atomic E-state index is 0.847. The molecular weight excluding hydrogens is 255 g/mol. The number of aliphatic imine (C=N–C) groups is 2. The highest BCUT2D eigenvalue weighted by atomic mass is 127. The summed E-state index contributed by atoms with van der Waals surface area (Å²) in [7, 11) is 3.50. The Morgan fingerprint density at radius 3 is 2.82 bits per heavy atom. The zero-order chi connectivity index (χ0) is 8.53. The zero-order valence-corrected chi connectivity index (χ0v) is 8.66. The number of hydrogen-bond acceptors (Lipinski definition) is 4. The molecule has 0 saturated carbocycles. The lowest BCUT2D eigenvalue weighted by molar-refractivity contribution is 0.729. The van der Waals surface area contributed by atoms with E-state index in [9.17, 15) is 0 Å². The maximum Gasteiger partial charge on any atom is 0.119 e. The van der Waals surface area contributed by atoms with Gasteiger partial charge in [-0.05, 0) is 22.6 Å². The van der Waals surface area contributed by atoms with Crippen molar-refractivity contribution >= 4 is 32.5 Å². The highest BCUT2D eigenvalue weighted by Crippen LogP contribution is 1.87. The molecule has 0 spiro atoms. The van der Waals surface area contributed by atoms with Crippen molar-refractivity contribution in [3.05, 3.63) is 12.4 Å². The summed E-state index contributed by atoms with van der Waals surface area (Å²) in [5.74, 6) is 0. The van der Waals surface area contributed by atoms with Gasteiger partial charge in [0, 0.05) is 26.5 Å². The van der Waals surface area contributed by atoms with Crippen LogP contribution in [0.4, 0.5) is 0 Å². The molecule has 0 saturated heterocycles. The van der Waals surface area contributed by atoms with Crippen LogP contribution < -0.4 is 10.9 Å². The average Bonchev–Trinajstić information content (AvgIpc) is 1.99. The fourth-order valence-corrected chi connectivity index (χ4v) is 0.808. The molecule has 62 valence electrons. The molecule has 5 heteroatoms. The fourth-order valence-electron chi connectivity index (χ4n) is 0.369. The summed E-state index contributed by atoms with van der Waals surface area (Å²) >= 11 is 2.09. The monoisotopic (exact) mass is 266 g/mol. The Morgan fingerprint density at radius 2 is 2.27 bits per heavy atom. The van der Waals surface area contributed by atoms with E-state index in [0.29, 0.717) is 0 Å². The van der Waals surface area contributed by atoms with Gasteiger partial charge in [-0.25, -0.2) is 10.4 Å². The SMILES string of the molecule is C\N=C/C(I)=N/C=C\NNC. The van der Waals surface area contributed by atoms with Gasteiger partial charge in [0.05, 0.1) is 6.21 Å². The van der Waals surface area contributed by atoms with Gasteiger partial charge < -0.3 is 5.43 Å². The number of hydrazine groups is 1. The first-order chi connectivity index (χ1) is 5.31. The van der Waals surface area contributed by atoms with Crippen molar-refractivity contribution in [1.82, 2.24) is 10.9 Å². The van der Waals surface area contributed by atoms with Gasteiger partial charge in [-0.1, -0.05) is 0 Å². The quantitative estimate of drug-likeness (QED) is 0.447. The van der Waals surface area contributed by atoms with Crippen molar-refractivity contribution < 1.29 is 0 Å². The van der Waals surface area contributed by atoms with Gasteiger partial charge in [-0.2, -0.15) is 0 Å². The van der Waals surface area contributed by atoms with E-state index in [1.807, 2.05) is 0 Å². The third kappa shape index (κ3) is 7.47. The summed E-state index contributed by atoms with van der Waals surface area (Å²) in [6.07, 6.45) is 5.03. The predicted octanol–water partition coefficient (Wildman–Crippen LogP) is 0.716. The summed E-state index contributed by atoms with van der Waals surface area (Å²) in [6, 6.07) is 0. The first-order valence-electron chi connectivity index (χ1n) is 3.04. The summed E-state index contributed by atoms with van der Waals surface area (Å²) in [4.78, 5) is 7.82. The molecule has 0 aromatic heterocycles. The Kier molecular flexibility index (Phi) is 7.37. The second kappa shape index (κ2) is 7.67. The van der Waals surface area contributed by atoms with E-state index in [0.717, 1.165) is 3.72 Å². The first kappa shape index (κ1) is 10.6. The molecule has 11 heavy (non-hydrogen) atoms. The van der Waals surface area contributed by atoms with Crippen molar-refractivity contribution in [2.24, 2.45) is 9.98 Å². The van der Waals surface area contributed by atoms with Crippen molar-refractivity contribution in [1.29, 1.82) is 0 Å². The van der Waals surface area contributed by atoms with E-state index < -0.39 is 0 Å². The van der Waals surface area contributed by atoms with E-state index in [-0.39, 0.29) is 0 Å². The Hall–Kier alpha value is -0.430.